The highest BCUT2D eigenvalue weighted by molar-refractivity contribution is 5.89. The van der Waals surface area contributed by atoms with E-state index in [0.717, 1.165) is 31.6 Å². The lowest BCUT2D eigenvalue weighted by atomic mass is 9.64. The molecular weight excluding hydrogens is 272 g/mol. The molecule has 0 aromatic heterocycles. The Kier molecular flexibility index (Phi) is 2.36. The zero-order chi connectivity index (χ0) is 14.9. The van der Waals surface area contributed by atoms with E-state index in [1.54, 1.807) is 0 Å². The number of nitrogens with zero attached hydrogens (tertiary/aromatic N) is 2. The smallest absolute Gasteiger partial charge is 0.218 e. The fourth-order valence-electron chi connectivity index (χ4n) is 5.41. The van der Waals surface area contributed by atoms with E-state index in [9.17, 15) is 4.79 Å². The van der Waals surface area contributed by atoms with Gasteiger partial charge in [0.1, 0.15) is 0 Å². The monoisotopic (exact) mass is 292 g/mol. The van der Waals surface area contributed by atoms with E-state index in [1.165, 1.54) is 23.3 Å². The van der Waals surface area contributed by atoms with E-state index in [1.807, 2.05) is 11.0 Å². The molecule has 22 heavy (non-hydrogen) atoms. The van der Waals surface area contributed by atoms with Gasteiger partial charge in [0.15, 0.2) is 0 Å². The summed E-state index contributed by atoms with van der Waals surface area (Å²) in [5.41, 5.74) is 5.27. The molecule has 3 nitrogen and oxygen atoms in total. The van der Waals surface area contributed by atoms with Crippen molar-refractivity contribution in [1.82, 2.24) is 4.90 Å². The second-order valence-corrected chi connectivity index (χ2v) is 6.96. The Bertz CT molecular complexity index is 735. The zero-order valence-electron chi connectivity index (χ0n) is 12.8. The van der Waals surface area contributed by atoms with Gasteiger partial charge in [0.05, 0.1) is 11.1 Å². The molecule has 3 heterocycles. The number of amides is 1. The van der Waals surface area contributed by atoms with E-state index in [2.05, 4.69) is 42.2 Å². The predicted octanol–water partition coefficient (Wildman–Crippen LogP) is 2.84. The van der Waals surface area contributed by atoms with E-state index in [4.69, 9.17) is 0 Å². The Balaban J connectivity index is 1.80. The van der Waals surface area contributed by atoms with Crippen molar-refractivity contribution < 1.29 is 4.79 Å². The molecule has 0 unspecified atom stereocenters. The Labute approximate surface area is 130 Å². The molecule has 3 aliphatic heterocycles. The summed E-state index contributed by atoms with van der Waals surface area (Å²) in [6.45, 7) is 4.38. The summed E-state index contributed by atoms with van der Waals surface area (Å²) in [5, 5.41) is 0. The van der Waals surface area contributed by atoms with Crippen molar-refractivity contribution in [1.29, 1.82) is 0 Å². The van der Waals surface area contributed by atoms with Crippen LogP contribution in [0.15, 0.2) is 47.7 Å². The number of anilines is 1. The number of hydrogen-bond acceptors (Lipinski definition) is 2. The van der Waals surface area contributed by atoms with Crippen molar-refractivity contribution >= 4 is 12.1 Å². The molecular formula is C19H20N2O. The van der Waals surface area contributed by atoms with Crippen molar-refractivity contribution in [3.05, 3.63) is 53.3 Å². The zero-order valence-corrected chi connectivity index (χ0v) is 12.8. The summed E-state index contributed by atoms with van der Waals surface area (Å²) >= 11 is 0. The number of rotatable bonds is 1. The number of carbonyl (C=O) groups excluding carboxylic acids is 1. The third-order valence-electron chi connectivity index (χ3n) is 6.34. The molecule has 3 heteroatoms. The quantitative estimate of drug-likeness (QED) is 0.587. The largest absolute Gasteiger partial charge is 0.295 e. The average molecular weight is 292 g/mol. The Morgan fingerprint density at radius 1 is 1.32 bits per heavy atom. The highest BCUT2D eigenvalue weighted by Gasteiger charge is 2.60. The lowest BCUT2D eigenvalue weighted by Crippen LogP contribution is -2.51. The minimum atomic E-state index is 0.0489. The first-order chi connectivity index (χ1) is 10.8. The van der Waals surface area contributed by atoms with E-state index < -0.39 is 0 Å². The number of hydrogen-bond donors (Lipinski definition) is 0. The van der Waals surface area contributed by atoms with Crippen LogP contribution >= 0.6 is 0 Å². The van der Waals surface area contributed by atoms with Gasteiger partial charge in [-0.3, -0.25) is 14.6 Å². The van der Waals surface area contributed by atoms with Gasteiger partial charge in [0, 0.05) is 30.7 Å². The number of fused-ring (bicyclic) bond motifs is 2. The van der Waals surface area contributed by atoms with Gasteiger partial charge in [0.25, 0.3) is 0 Å². The third-order valence-corrected chi connectivity index (χ3v) is 6.34. The molecule has 1 amide bonds. The number of allylic oxidation sites excluding steroid dienone is 2. The first-order valence-electron chi connectivity index (χ1n) is 8.25. The number of benzene rings is 1. The summed E-state index contributed by atoms with van der Waals surface area (Å²) in [4.78, 5) is 16.4. The van der Waals surface area contributed by atoms with Crippen LogP contribution in [-0.4, -0.2) is 30.4 Å². The maximum Gasteiger partial charge on any atom is 0.218 e. The van der Waals surface area contributed by atoms with Crippen LogP contribution < -0.4 is 4.90 Å². The Hall–Kier alpha value is -1.87. The van der Waals surface area contributed by atoms with E-state index >= 15 is 0 Å². The van der Waals surface area contributed by atoms with Gasteiger partial charge >= 0.3 is 0 Å². The molecule has 0 radical (unpaired) electrons. The van der Waals surface area contributed by atoms with Crippen LogP contribution in [0.25, 0.3) is 0 Å². The summed E-state index contributed by atoms with van der Waals surface area (Å²) < 4.78 is 0. The molecule has 1 aromatic rings. The van der Waals surface area contributed by atoms with Crippen LogP contribution in [0.2, 0.25) is 0 Å². The molecule has 0 N–H and O–H groups in total. The first-order valence-corrected chi connectivity index (χ1v) is 8.25. The molecule has 112 valence electrons. The fraction of sp³-hybridized carbons (Fsp3) is 0.421. The van der Waals surface area contributed by atoms with Gasteiger partial charge in [-0.25, -0.2) is 0 Å². The predicted molar refractivity (Wildman–Crippen MR) is 86.6 cm³/mol. The molecule has 3 atom stereocenters. The van der Waals surface area contributed by atoms with E-state index in [-0.39, 0.29) is 5.41 Å². The Morgan fingerprint density at radius 3 is 3.00 bits per heavy atom. The lowest BCUT2D eigenvalue weighted by molar-refractivity contribution is -0.107. The second-order valence-electron chi connectivity index (χ2n) is 6.96. The van der Waals surface area contributed by atoms with Gasteiger partial charge in [-0.2, -0.15) is 0 Å². The van der Waals surface area contributed by atoms with Gasteiger partial charge in [-0.05, 0) is 31.4 Å². The summed E-state index contributed by atoms with van der Waals surface area (Å²) in [7, 11) is 0. The molecule has 1 aliphatic carbocycles. The summed E-state index contributed by atoms with van der Waals surface area (Å²) in [5.74, 6) is 0.504. The summed E-state index contributed by atoms with van der Waals surface area (Å²) in [6.07, 6.45) is 8.01. The fourth-order valence-corrected chi connectivity index (χ4v) is 5.41. The van der Waals surface area contributed by atoms with Crippen LogP contribution in [0.4, 0.5) is 5.69 Å². The van der Waals surface area contributed by atoms with Crippen molar-refractivity contribution in [2.24, 2.45) is 5.92 Å². The molecule has 0 saturated carbocycles. The molecule has 2 saturated heterocycles. The molecule has 1 spiro atoms. The van der Waals surface area contributed by atoms with Crippen molar-refractivity contribution in [2.75, 3.05) is 18.0 Å². The van der Waals surface area contributed by atoms with Gasteiger partial charge in [-0.15, -0.1) is 0 Å². The first kappa shape index (κ1) is 12.7. The third kappa shape index (κ3) is 1.25. The van der Waals surface area contributed by atoms with E-state index in [0.29, 0.717) is 12.0 Å². The minimum absolute atomic E-state index is 0.0489. The highest BCUT2D eigenvalue weighted by atomic mass is 16.1. The van der Waals surface area contributed by atoms with Crippen LogP contribution in [0.1, 0.15) is 25.3 Å². The van der Waals surface area contributed by atoms with Crippen LogP contribution in [-0.2, 0) is 10.2 Å². The maximum absolute atomic E-state index is 11.8. The molecule has 5 rings (SSSR count). The van der Waals surface area contributed by atoms with Crippen molar-refractivity contribution in [2.45, 2.75) is 31.2 Å². The highest BCUT2D eigenvalue weighted by Crippen LogP contribution is 2.60. The lowest BCUT2D eigenvalue weighted by Gasteiger charge is -2.47. The number of carbonyl (C=O) groups is 1. The average Bonchev–Trinajstić information content (AvgIpc) is 3.08. The molecule has 2 fully saturated rings. The molecule has 4 aliphatic rings. The van der Waals surface area contributed by atoms with Crippen LogP contribution in [0, 0.1) is 5.92 Å². The van der Waals surface area contributed by atoms with Gasteiger partial charge in [0.2, 0.25) is 6.41 Å². The second kappa shape index (κ2) is 4.11. The topological polar surface area (TPSA) is 23.6 Å². The molecule has 2 bridgehead atoms. The minimum Gasteiger partial charge on any atom is -0.295 e. The number of para-hydroxylation sites is 1. The Morgan fingerprint density at radius 2 is 2.18 bits per heavy atom. The van der Waals surface area contributed by atoms with Gasteiger partial charge < -0.3 is 0 Å². The number of piperidine rings is 1. The SMILES string of the molecule is C/C=C1/CN2CC[C@]34C(=C[C@@H]1C[C@@H]23)N(C=O)c1ccccc14. The summed E-state index contributed by atoms with van der Waals surface area (Å²) in [6, 6.07) is 9.05. The normalized spacial score (nSPS) is 37.0. The molecule has 1 aromatic carbocycles. The van der Waals surface area contributed by atoms with Gasteiger partial charge in [-0.1, -0.05) is 35.9 Å². The van der Waals surface area contributed by atoms with Crippen molar-refractivity contribution in [3.63, 3.8) is 0 Å². The maximum atomic E-state index is 11.8. The van der Waals surface area contributed by atoms with Crippen LogP contribution in [0.5, 0.6) is 0 Å². The standard InChI is InChI=1S/C19H20N2O/c1-2-13-11-20-8-7-19-15-5-3-4-6-16(15)21(12-22)18(19)10-14(13)9-17(19)20/h2-6,10,12,14,17H,7-9,11H2,1H3/b13-2-/t14-,17+,19+/m0/s1. The van der Waals surface area contributed by atoms with Crippen molar-refractivity contribution in [3.8, 4) is 0 Å². The van der Waals surface area contributed by atoms with Crippen LogP contribution in [0.3, 0.4) is 0 Å².